The molecule has 0 aliphatic rings. The molecule has 0 heterocycles. The van der Waals surface area contributed by atoms with Crippen LogP contribution in [0.4, 0.5) is 0 Å². The molecule has 0 nitrogen and oxygen atoms in total. The van der Waals surface area contributed by atoms with Gasteiger partial charge in [0.05, 0.1) is 0 Å². The Labute approximate surface area is 69.7 Å². The van der Waals surface area contributed by atoms with E-state index in [0.717, 1.165) is 10.0 Å². The fraction of sp³-hybridized carbons (Fsp3) is 0.111. The van der Waals surface area contributed by atoms with Crippen LogP contribution in [0.1, 0.15) is 11.1 Å². The summed E-state index contributed by atoms with van der Waals surface area (Å²) in [6.45, 7) is 5.84. The van der Waals surface area contributed by atoms with Crippen molar-refractivity contribution in [3.8, 4) is 0 Å². The van der Waals surface area contributed by atoms with Gasteiger partial charge in [0, 0.05) is 4.48 Å². The molecule has 0 radical (unpaired) electrons. The second-order valence-corrected chi connectivity index (χ2v) is 3.23. The van der Waals surface area contributed by atoms with E-state index in [0.29, 0.717) is 0 Å². The summed E-state index contributed by atoms with van der Waals surface area (Å²) < 4.78 is 0.938. The first-order chi connectivity index (χ1) is 4.70. The van der Waals surface area contributed by atoms with Crippen LogP contribution in [0.25, 0.3) is 4.48 Å². The van der Waals surface area contributed by atoms with E-state index in [-0.39, 0.29) is 0 Å². The van der Waals surface area contributed by atoms with Crippen molar-refractivity contribution >= 4 is 20.4 Å². The maximum Gasteiger partial charge on any atom is 0.0175 e. The number of hydrogen-bond acceptors (Lipinski definition) is 0. The summed E-state index contributed by atoms with van der Waals surface area (Å²) in [5.41, 5.74) is 2.42. The van der Waals surface area contributed by atoms with E-state index in [9.17, 15) is 0 Å². The van der Waals surface area contributed by atoms with Crippen LogP contribution in [0.2, 0.25) is 0 Å². The van der Waals surface area contributed by atoms with Gasteiger partial charge >= 0.3 is 0 Å². The maximum absolute atomic E-state index is 3.77. The number of hydrogen-bond donors (Lipinski definition) is 0. The summed E-state index contributed by atoms with van der Waals surface area (Å²) in [4.78, 5) is 0. The average Bonchev–Trinajstić information content (AvgIpc) is 1.88. The van der Waals surface area contributed by atoms with Crippen LogP contribution >= 0.6 is 15.9 Å². The normalized spacial score (nSPS) is 9.40. The molecule has 0 bridgehead atoms. The molecule has 0 atom stereocenters. The lowest BCUT2D eigenvalue weighted by Gasteiger charge is -1.96. The van der Waals surface area contributed by atoms with E-state index in [1.807, 2.05) is 12.1 Å². The summed E-state index contributed by atoms with van der Waals surface area (Å²) in [7, 11) is 0. The second kappa shape index (κ2) is 3.02. The summed E-state index contributed by atoms with van der Waals surface area (Å²) in [6, 6.07) is 8.24. The van der Waals surface area contributed by atoms with Gasteiger partial charge in [0.15, 0.2) is 0 Å². The van der Waals surface area contributed by atoms with Crippen LogP contribution in [0, 0.1) is 6.92 Å². The Morgan fingerprint density at radius 2 is 1.80 bits per heavy atom. The minimum atomic E-state index is 0.938. The van der Waals surface area contributed by atoms with E-state index in [2.05, 4.69) is 41.6 Å². The highest BCUT2D eigenvalue weighted by atomic mass is 79.9. The average molecular weight is 197 g/mol. The molecule has 1 heteroatoms. The van der Waals surface area contributed by atoms with Crippen LogP contribution in [-0.2, 0) is 0 Å². The molecule has 1 aromatic rings. The zero-order valence-corrected chi connectivity index (χ0v) is 7.48. The van der Waals surface area contributed by atoms with Gasteiger partial charge in [-0.3, -0.25) is 0 Å². The number of aryl methyl sites for hydroxylation is 1. The predicted octanol–water partition coefficient (Wildman–Crippen LogP) is 3.36. The first kappa shape index (κ1) is 7.55. The Morgan fingerprint density at radius 3 is 2.20 bits per heavy atom. The molecule has 0 fully saturated rings. The van der Waals surface area contributed by atoms with Crippen molar-refractivity contribution in [2.45, 2.75) is 6.92 Å². The fourth-order valence-corrected chi connectivity index (χ4v) is 0.999. The molecule has 1 aromatic carbocycles. The monoisotopic (exact) mass is 196 g/mol. The Kier molecular flexibility index (Phi) is 2.28. The van der Waals surface area contributed by atoms with Crippen molar-refractivity contribution in [3.63, 3.8) is 0 Å². The van der Waals surface area contributed by atoms with E-state index < -0.39 is 0 Å². The zero-order chi connectivity index (χ0) is 7.56. The lowest BCUT2D eigenvalue weighted by atomic mass is 10.1. The standard InChI is InChI=1S/C9H9Br/c1-7-3-5-9(6-4-7)8(2)10/h3-6H,2H2,1H3. The van der Waals surface area contributed by atoms with Gasteiger partial charge in [0.1, 0.15) is 0 Å². The highest BCUT2D eigenvalue weighted by molar-refractivity contribution is 9.15. The van der Waals surface area contributed by atoms with Gasteiger partial charge in [0.2, 0.25) is 0 Å². The molecule has 0 saturated heterocycles. The molecule has 0 saturated carbocycles. The molecule has 0 amide bonds. The number of rotatable bonds is 1. The van der Waals surface area contributed by atoms with Crippen LogP contribution in [-0.4, -0.2) is 0 Å². The lowest BCUT2D eigenvalue weighted by molar-refractivity contribution is 1.46. The first-order valence-electron chi connectivity index (χ1n) is 3.11. The molecule has 0 unspecified atom stereocenters. The Hall–Kier alpha value is -0.560. The third-order valence-corrected chi connectivity index (χ3v) is 1.82. The fourth-order valence-electron chi connectivity index (χ4n) is 0.734. The molecular formula is C9H9Br. The minimum absolute atomic E-state index is 0.938. The van der Waals surface area contributed by atoms with Gasteiger partial charge in [-0.15, -0.1) is 0 Å². The van der Waals surface area contributed by atoms with Crippen molar-refractivity contribution in [1.29, 1.82) is 0 Å². The predicted molar refractivity (Wildman–Crippen MR) is 49.1 cm³/mol. The van der Waals surface area contributed by atoms with Crippen LogP contribution in [0.15, 0.2) is 30.8 Å². The molecule has 1 rings (SSSR count). The third-order valence-electron chi connectivity index (χ3n) is 1.36. The molecule has 52 valence electrons. The second-order valence-electron chi connectivity index (χ2n) is 2.27. The van der Waals surface area contributed by atoms with E-state index in [4.69, 9.17) is 0 Å². The van der Waals surface area contributed by atoms with Gasteiger partial charge in [-0.2, -0.15) is 0 Å². The van der Waals surface area contributed by atoms with Crippen molar-refractivity contribution in [2.75, 3.05) is 0 Å². The topological polar surface area (TPSA) is 0 Å². The van der Waals surface area contributed by atoms with Gasteiger partial charge in [-0.1, -0.05) is 52.3 Å². The first-order valence-corrected chi connectivity index (χ1v) is 3.91. The summed E-state index contributed by atoms with van der Waals surface area (Å²) in [5.74, 6) is 0. The SMILES string of the molecule is C=C(Br)c1ccc(C)cc1. The van der Waals surface area contributed by atoms with Gasteiger partial charge < -0.3 is 0 Å². The Balaban J connectivity index is 3.00. The highest BCUT2D eigenvalue weighted by Gasteiger charge is 1.91. The van der Waals surface area contributed by atoms with E-state index >= 15 is 0 Å². The van der Waals surface area contributed by atoms with Crippen molar-refractivity contribution < 1.29 is 0 Å². The van der Waals surface area contributed by atoms with Crippen molar-refractivity contribution in [1.82, 2.24) is 0 Å². The largest absolute Gasteiger partial charge is 0.0841 e. The lowest BCUT2D eigenvalue weighted by Crippen LogP contribution is -1.74. The number of benzene rings is 1. The minimum Gasteiger partial charge on any atom is -0.0841 e. The van der Waals surface area contributed by atoms with Crippen molar-refractivity contribution in [3.05, 3.63) is 42.0 Å². The third kappa shape index (κ3) is 1.71. The van der Waals surface area contributed by atoms with Crippen LogP contribution < -0.4 is 0 Å². The molecule has 10 heavy (non-hydrogen) atoms. The maximum atomic E-state index is 3.77. The Morgan fingerprint density at radius 1 is 1.30 bits per heavy atom. The molecule has 0 N–H and O–H groups in total. The summed E-state index contributed by atoms with van der Waals surface area (Å²) >= 11 is 3.31. The molecule has 0 aromatic heterocycles. The van der Waals surface area contributed by atoms with Crippen molar-refractivity contribution in [2.24, 2.45) is 0 Å². The smallest absolute Gasteiger partial charge is 0.0175 e. The van der Waals surface area contributed by atoms with Gasteiger partial charge in [-0.05, 0) is 12.5 Å². The quantitative estimate of drug-likeness (QED) is 0.647. The Bertz CT molecular complexity index is 233. The zero-order valence-electron chi connectivity index (χ0n) is 5.89. The van der Waals surface area contributed by atoms with Gasteiger partial charge in [-0.25, -0.2) is 0 Å². The van der Waals surface area contributed by atoms with Gasteiger partial charge in [0.25, 0.3) is 0 Å². The molecule has 0 aliphatic heterocycles. The number of halogens is 1. The highest BCUT2D eigenvalue weighted by Crippen LogP contribution is 2.18. The molecular weight excluding hydrogens is 188 g/mol. The van der Waals surface area contributed by atoms with Crippen LogP contribution in [0.3, 0.4) is 0 Å². The molecule has 0 aliphatic carbocycles. The summed E-state index contributed by atoms with van der Waals surface area (Å²) in [6.07, 6.45) is 0. The van der Waals surface area contributed by atoms with E-state index in [1.54, 1.807) is 0 Å². The van der Waals surface area contributed by atoms with E-state index in [1.165, 1.54) is 5.56 Å². The summed E-state index contributed by atoms with van der Waals surface area (Å²) in [5, 5.41) is 0. The molecule has 0 spiro atoms. The van der Waals surface area contributed by atoms with Crippen LogP contribution in [0.5, 0.6) is 0 Å².